The molecule has 0 saturated carbocycles. The lowest BCUT2D eigenvalue weighted by Crippen LogP contribution is -2.54. The molecule has 3 aromatic carbocycles. The van der Waals surface area contributed by atoms with Gasteiger partial charge in [-0.05, 0) is 66.9 Å². The van der Waals surface area contributed by atoms with Gasteiger partial charge in [0.1, 0.15) is 17.8 Å². The highest BCUT2D eigenvalue weighted by atomic mass is 35.5. The zero-order valence-electron chi connectivity index (χ0n) is 24.8. The van der Waals surface area contributed by atoms with Crippen molar-refractivity contribution < 1.29 is 32.2 Å². The van der Waals surface area contributed by atoms with Gasteiger partial charge in [-0.25, -0.2) is 17.7 Å². The maximum Gasteiger partial charge on any atom is 0.271 e. The fourth-order valence-corrected chi connectivity index (χ4v) is 8.04. The molecule has 11 nitrogen and oxygen atoms in total. The highest BCUT2D eigenvalue weighted by Crippen LogP contribution is 2.56. The van der Waals surface area contributed by atoms with Crippen molar-refractivity contribution >= 4 is 33.2 Å². The third-order valence-corrected chi connectivity index (χ3v) is 10.3. The van der Waals surface area contributed by atoms with E-state index in [9.17, 15) is 13.5 Å². The van der Waals surface area contributed by atoms with Crippen LogP contribution in [0.4, 0.5) is 5.69 Å². The van der Waals surface area contributed by atoms with Crippen molar-refractivity contribution in [2.75, 3.05) is 38.2 Å². The average Bonchev–Trinajstić information content (AvgIpc) is 3.80. The van der Waals surface area contributed by atoms with E-state index in [0.29, 0.717) is 66.0 Å². The molecule has 1 amide bonds. The Bertz CT molecular complexity index is 1800. The number of methoxy groups -OCH3 is 2. The van der Waals surface area contributed by atoms with Gasteiger partial charge in [-0.1, -0.05) is 23.7 Å². The number of carbonyl (C=O) groups excluding carboxylic acids is 1. The molecule has 13 heteroatoms. The fraction of sp³-hybridized carbons (Fsp3) is 0.312. The molecule has 236 valence electrons. The van der Waals surface area contributed by atoms with E-state index in [-0.39, 0.29) is 17.2 Å². The summed E-state index contributed by atoms with van der Waals surface area (Å²) in [5, 5.41) is 12.7. The van der Waals surface area contributed by atoms with Crippen LogP contribution in [0.5, 0.6) is 11.5 Å². The van der Waals surface area contributed by atoms with Crippen molar-refractivity contribution in [1.82, 2.24) is 15.2 Å². The molecule has 2 N–H and O–H groups in total. The van der Waals surface area contributed by atoms with Crippen LogP contribution >= 0.6 is 11.6 Å². The van der Waals surface area contributed by atoms with Crippen LogP contribution < -0.4 is 19.1 Å². The van der Waals surface area contributed by atoms with Crippen LogP contribution in [0.1, 0.15) is 41.5 Å². The number of sulfonamides is 1. The lowest BCUT2D eigenvalue weighted by Gasteiger charge is -2.41. The number of carbonyl (C=O) groups is 1. The van der Waals surface area contributed by atoms with Gasteiger partial charge in [0.25, 0.3) is 15.9 Å². The normalized spacial score (nSPS) is 20.0. The lowest BCUT2D eigenvalue weighted by atomic mass is 9.80. The molecule has 2 aliphatic rings. The molecule has 0 radical (unpaired) electrons. The first-order valence-electron chi connectivity index (χ1n) is 14.5. The number of benzene rings is 3. The first kappa shape index (κ1) is 31.1. The van der Waals surface area contributed by atoms with Crippen molar-refractivity contribution in [3.05, 3.63) is 101 Å². The van der Waals surface area contributed by atoms with Crippen LogP contribution in [-0.2, 0) is 26.9 Å². The first-order chi connectivity index (χ1) is 21.8. The number of aliphatic hydroxyl groups excluding tert-OH is 1. The van der Waals surface area contributed by atoms with E-state index in [4.69, 9.17) is 25.5 Å². The summed E-state index contributed by atoms with van der Waals surface area (Å²) in [6.45, 7) is 1.27. The van der Waals surface area contributed by atoms with E-state index < -0.39 is 27.5 Å². The van der Waals surface area contributed by atoms with Gasteiger partial charge in [-0.3, -0.25) is 9.69 Å². The maximum absolute atomic E-state index is 15.3. The Hall–Kier alpha value is -3.94. The van der Waals surface area contributed by atoms with E-state index in [1.165, 1.54) is 44.7 Å². The largest absolute Gasteiger partial charge is 0.497 e. The number of ether oxygens (including phenoxy) is 2. The molecule has 2 aliphatic heterocycles. The smallest absolute Gasteiger partial charge is 0.271 e. The van der Waals surface area contributed by atoms with Gasteiger partial charge in [0.2, 0.25) is 5.89 Å². The number of aromatic nitrogens is 1. The van der Waals surface area contributed by atoms with E-state index in [0.717, 1.165) is 9.87 Å². The van der Waals surface area contributed by atoms with Gasteiger partial charge in [0.05, 0.1) is 43.6 Å². The summed E-state index contributed by atoms with van der Waals surface area (Å²) in [5.74, 6) is 0.591. The molecule has 1 fully saturated rings. The molecule has 1 unspecified atom stereocenters. The number of halogens is 1. The number of nitrogens with one attached hydrogen (secondary N) is 1. The number of hydrogen-bond acceptors (Lipinski definition) is 10. The molecule has 1 saturated heterocycles. The number of aliphatic hydroxyl groups is 1. The number of amides is 1. The monoisotopic (exact) mass is 652 g/mol. The van der Waals surface area contributed by atoms with Crippen LogP contribution in [0, 0.1) is 0 Å². The number of fused-ring (bicyclic) bond motifs is 1. The molecule has 0 aliphatic carbocycles. The number of anilines is 1. The van der Waals surface area contributed by atoms with Gasteiger partial charge in [-0.2, -0.15) is 0 Å². The highest BCUT2D eigenvalue weighted by Gasteiger charge is 2.62. The Labute approximate surface area is 266 Å². The molecule has 4 aromatic rings. The molecule has 1 aromatic heterocycles. The summed E-state index contributed by atoms with van der Waals surface area (Å²) in [6, 6.07) is 15.7. The van der Waals surface area contributed by atoms with E-state index in [1.54, 1.807) is 30.5 Å². The van der Waals surface area contributed by atoms with Crippen molar-refractivity contribution in [3.8, 4) is 11.5 Å². The second kappa shape index (κ2) is 12.5. The highest BCUT2D eigenvalue weighted by molar-refractivity contribution is 7.93. The molecule has 2 atom stereocenters. The van der Waals surface area contributed by atoms with E-state index in [2.05, 4.69) is 10.3 Å². The topological polar surface area (TPSA) is 134 Å². The summed E-state index contributed by atoms with van der Waals surface area (Å²) in [6.07, 6.45) is 4.36. The number of rotatable bonds is 11. The summed E-state index contributed by atoms with van der Waals surface area (Å²) < 4.78 is 46.6. The second-order valence-electron chi connectivity index (χ2n) is 10.8. The summed E-state index contributed by atoms with van der Waals surface area (Å²) in [7, 11) is -1.42. The minimum Gasteiger partial charge on any atom is -0.497 e. The zero-order chi connectivity index (χ0) is 31.8. The number of hydrogen-bond donors (Lipinski definition) is 2. The zero-order valence-corrected chi connectivity index (χ0v) is 26.3. The van der Waals surface area contributed by atoms with Crippen LogP contribution in [0.25, 0.3) is 0 Å². The Kier molecular flexibility index (Phi) is 8.59. The molecule has 0 spiro atoms. The van der Waals surface area contributed by atoms with Crippen molar-refractivity contribution in [3.63, 3.8) is 0 Å². The van der Waals surface area contributed by atoms with Crippen molar-refractivity contribution in [2.24, 2.45) is 0 Å². The van der Waals surface area contributed by atoms with Crippen molar-refractivity contribution in [2.45, 2.75) is 35.9 Å². The van der Waals surface area contributed by atoms with Crippen LogP contribution in [0.3, 0.4) is 0 Å². The third-order valence-electron chi connectivity index (χ3n) is 8.35. The summed E-state index contributed by atoms with van der Waals surface area (Å²) in [5.41, 5.74) is 0.214. The third kappa shape index (κ3) is 5.16. The van der Waals surface area contributed by atoms with Crippen LogP contribution in [-0.4, -0.2) is 63.2 Å². The summed E-state index contributed by atoms with van der Waals surface area (Å²) >= 11 is 6.61. The van der Waals surface area contributed by atoms with Gasteiger partial charge < -0.3 is 24.3 Å². The standard InChI is InChI=1S/C32H33ClN4O7S/c1-42-23-7-9-24(10-8-23)45(40,41)37-27-12-6-22(33)19-26(27)32(31(37)39,36-15-3-4-28(36)30-35-14-17-44-30)25-11-5-21(18-29(25)43-2)20-34-13-16-38/h5-12,14,17-19,28,34,38H,3-4,13,15-16,20H2,1-2H3/t28-,32?/m0/s1. The van der Waals surface area contributed by atoms with Crippen molar-refractivity contribution in [1.29, 1.82) is 0 Å². The van der Waals surface area contributed by atoms with E-state index in [1.807, 2.05) is 17.0 Å². The van der Waals surface area contributed by atoms with Gasteiger partial charge in [-0.15, -0.1) is 0 Å². The van der Waals surface area contributed by atoms with Gasteiger partial charge >= 0.3 is 0 Å². The maximum atomic E-state index is 15.3. The fourth-order valence-electron chi connectivity index (χ4n) is 6.41. The molecule has 45 heavy (non-hydrogen) atoms. The Morgan fingerprint density at radius 3 is 2.58 bits per heavy atom. The minimum absolute atomic E-state index is 0.0138. The Morgan fingerprint density at radius 1 is 1.09 bits per heavy atom. The van der Waals surface area contributed by atoms with Crippen LogP contribution in [0.2, 0.25) is 5.02 Å². The van der Waals surface area contributed by atoms with E-state index >= 15 is 4.79 Å². The SMILES string of the molecule is COc1ccc(S(=O)(=O)N2C(=O)C(c3ccc(CNCCO)cc3OC)(N3CCC[C@H]3c3ncco3)c3cc(Cl)ccc32)cc1. The minimum atomic E-state index is -4.42. The van der Waals surface area contributed by atoms with Gasteiger partial charge in [0.15, 0.2) is 5.54 Å². The molecular formula is C32H33ClN4O7S. The Balaban J connectivity index is 1.61. The predicted octanol–water partition coefficient (Wildman–Crippen LogP) is 4.24. The molecule has 6 rings (SSSR count). The second-order valence-corrected chi connectivity index (χ2v) is 13.0. The van der Waals surface area contributed by atoms with Gasteiger partial charge in [0, 0.05) is 35.8 Å². The number of nitrogens with zero attached hydrogens (tertiary/aromatic N) is 3. The Morgan fingerprint density at radius 2 is 1.89 bits per heavy atom. The lowest BCUT2D eigenvalue weighted by molar-refractivity contribution is -0.127. The predicted molar refractivity (Wildman–Crippen MR) is 167 cm³/mol. The molecular weight excluding hydrogens is 620 g/mol. The first-order valence-corrected chi connectivity index (χ1v) is 16.3. The quantitative estimate of drug-likeness (QED) is 0.227. The molecule has 0 bridgehead atoms. The summed E-state index contributed by atoms with van der Waals surface area (Å²) in [4.78, 5) is 21.6. The average molecular weight is 653 g/mol. The number of likely N-dealkylation sites (tertiary alicyclic amines) is 1. The number of oxazole rings is 1. The van der Waals surface area contributed by atoms with Crippen LogP contribution in [0.15, 0.2) is 82.4 Å². The molecule has 3 heterocycles.